The number of alkyl halides is 3. The van der Waals surface area contributed by atoms with Crippen LogP contribution in [0.3, 0.4) is 0 Å². The molecule has 0 bridgehead atoms. The number of nitrogens with one attached hydrogen (secondary N) is 1. The molecule has 0 saturated heterocycles. The molecule has 1 aromatic rings. The normalized spacial score (nSPS) is 15.6. The molecule has 0 heterocycles. The Bertz CT molecular complexity index is 578. The van der Waals surface area contributed by atoms with Crippen molar-refractivity contribution in [3.05, 3.63) is 35.4 Å². The van der Waals surface area contributed by atoms with Crippen LogP contribution in [0, 0.1) is 0 Å². The molecule has 7 heteroatoms. The zero-order valence-electron chi connectivity index (χ0n) is 13.9. The van der Waals surface area contributed by atoms with Crippen molar-refractivity contribution in [1.82, 2.24) is 5.32 Å². The third-order valence-corrected chi connectivity index (χ3v) is 4.23. The van der Waals surface area contributed by atoms with Gasteiger partial charge in [0.25, 0.3) is 5.91 Å². The van der Waals surface area contributed by atoms with Crippen molar-refractivity contribution in [3.8, 4) is 0 Å². The summed E-state index contributed by atoms with van der Waals surface area (Å²) in [5.74, 6) is -0.853. The first-order valence-electron chi connectivity index (χ1n) is 8.46. The summed E-state index contributed by atoms with van der Waals surface area (Å²) < 4.78 is 42.3. The van der Waals surface area contributed by atoms with E-state index in [1.807, 2.05) is 0 Å². The summed E-state index contributed by atoms with van der Waals surface area (Å²) in [6.07, 6.45) is 1.19. The molecule has 1 saturated carbocycles. The summed E-state index contributed by atoms with van der Waals surface area (Å²) in [6, 6.07) is 4.81. The molecule has 0 unspecified atom stereocenters. The maximum atomic E-state index is 12.5. The lowest BCUT2D eigenvalue weighted by atomic mass is 9.95. The summed E-state index contributed by atoms with van der Waals surface area (Å²) in [4.78, 5) is 23.4. The molecule has 0 radical (unpaired) electrons. The van der Waals surface area contributed by atoms with E-state index in [9.17, 15) is 22.8 Å². The van der Waals surface area contributed by atoms with Gasteiger partial charge in [-0.3, -0.25) is 9.59 Å². The Morgan fingerprint density at radius 3 is 2.32 bits per heavy atom. The first kappa shape index (κ1) is 19.3. The molecule has 1 fully saturated rings. The molecule has 25 heavy (non-hydrogen) atoms. The molecule has 0 spiro atoms. The van der Waals surface area contributed by atoms with E-state index in [0.717, 1.165) is 37.8 Å². The number of hydrogen-bond donors (Lipinski definition) is 1. The Morgan fingerprint density at radius 1 is 1.08 bits per heavy atom. The highest BCUT2D eigenvalue weighted by atomic mass is 19.4. The fourth-order valence-corrected chi connectivity index (χ4v) is 2.84. The highest BCUT2D eigenvalue weighted by Crippen LogP contribution is 2.29. The van der Waals surface area contributed by atoms with E-state index in [1.165, 1.54) is 18.6 Å². The second-order valence-corrected chi connectivity index (χ2v) is 6.26. The van der Waals surface area contributed by atoms with E-state index >= 15 is 0 Å². The lowest BCUT2D eigenvalue weighted by Crippen LogP contribution is -2.38. The van der Waals surface area contributed by atoms with Crippen LogP contribution in [-0.4, -0.2) is 24.5 Å². The average Bonchev–Trinajstić information content (AvgIpc) is 2.58. The van der Waals surface area contributed by atoms with E-state index < -0.39 is 17.7 Å². The van der Waals surface area contributed by atoms with Crippen LogP contribution < -0.4 is 5.32 Å². The number of ether oxygens (including phenoxy) is 1. The minimum Gasteiger partial charge on any atom is -0.456 e. The van der Waals surface area contributed by atoms with Gasteiger partial charge in [-0.25, -0.2) is 0 Å². The summed E-state index contributed by atoms with van der Waals surface area (Å²) in [5, 5.41) is 2.85. The third-order valence-electron chi connectivity index (χ3n) is 4.23. The van der Waals surface area contributed by atoms with Crippen molar-refractivity contribution in [1.29, 1.82) is 0 Å². The van der Waals surface area contributed by atoms with Crippen molar-refractivity contribution in [2.45, 2.75) is 57.2 Å². The van der Waals surface area contributed by atoms with Crippen LogP contribution in [0.15, 0.2) is 24.3 Å². The van der Waals surface area contributed by atoms with E-state index in [2.05, 4.69) is 5.32 Å². The first-order chi connectivity index (χ1) is 11.8. The monoisotopic (exact) mass is 357 g/mol. The number of carbonyl (C=O) groups is 2. The molecule has 0 aliphatic heterocycles. The molecule has 2 rings (SSSR count). The van der Waals surface area contributed by atoms with Gasteiger partial charge in [-0.05, 0) is 37.0 Å². The van der Waals surface area contributed by atoms with Crippen molar-refractivity contribution in [2.24, 2.45) is 0 Å². The first-order valence-corrected chi connectivity index (χ1v) is 8.46. The molecular formula is C18H22F3NO3. The van der Waals surface area contributed by atoms with Gasteiger partial charge in [0.1, 0.15) is 0 Å². The number of amides is 1. The lowest BCUT2D eigenvalue weighted by Gasteiger charge is -2.22. The zero-order valence-corrected chi connectivity index (χ0v) is 13.9. The van der Waals surface area contributed by atoms with Crippen LogP contribution in [0.5, 0.6) is 0 Å². The SMILES string of the molecule is O=C(COC(=O)CCc1ccc(C(F)(F)F)cc1)NC1CCCCC1. The summed E-state index contributed by atoms with van der Waals surface area (Å²) >= 11 is 0. The maximum Gasteiger partial charge on any atom is 0.416 e. The lowest BCUT2D eigenvalue weighted by molar-refractivity contribution is -0.148. The molecule has 138 valence electrons. The van der Waals surface area contributed by atoms with Crippen LogP contribution in [0.4, 0.5) is 13.2 Å². The predicted molar refractivity (Wildman–Crippen MR) is 85.7 cm³/mol. The molecule has 0 aromatic heterocycles. The Kier molecular flexibility index (Phi) is 6.84. The Balaban J connectivity index is 1.67. The van der Waals surface area contributed by atoms with Gasteiger partial charge in [0.15, 0.2) is 6.61 Å². The van der Waals surface area contributed by atoms with Crippen molar-refractivity contribution < 1.29 is 27.5 Å². The quantitative estimate of drug-likeness (QED) is 0.791. The number of halogens is 3. The predicted octanol–water partition coefficient (Wildman–Crippen LogP) is 3.63. The molecule has 1 aromatic carbocycles. The number of hydrogen-bond acceptors (Lipinski definition) is 3. The van der Waals surface area contributed by atoms with Crippen molar-refractivity contribution >= 4 is 11.9 Å². The standard InChI is InChI=1S/C18H22F3NO3/c19-18(20,21)14-9-6-13(7-10-14)8-11-17(24)25-12-16(23)22-15-4-2-1-3-5-15/h6-7,9-10,15H,1-5,8,11-12H2,(H,22,23). The highest BCUT2D eigenvalue weighted by Gasteiger charge is 2.29. The Hall–Kier alpha value is -2.05. The second-order valence-electron chi connectivity index (χ2n) is 6.26. The molecule has 1 N–H and O–H groups in total. The van der Waals surface area contributed by atoms with Gasteiger partial charge < -0.3 is 10.1 Å². The molecule has 1 amide bonds. The van der Waals surface area contributed by atoms with Crippen LogP contribution in [0.2, 0.25) is 0 Å². The number of rotatable bonds is 6. The Morgan fingerprint density at radius 2 is 1.72 bits per heavy atom. The van der Waals surface area contributed by atoms with Gasteiger partial charge in [-0.1, -0.05) is 31.4 Å². The Labute approximate surface area is 144 Å². The largest absolute Gasteiger partial charge is 0.456 e. The second kappa shape index (κ2) is 8.87. The minimum atomic E-state index is -4.37. The number of esters is 1. The minimum absolute atomic E-state index is 0.0159. The highest BCUT2D eigenvalue weighted by molar-refractivity contribution is 5.80. The van der Waals surface area contributed by atoms with Gasteiger partial charge >= 0.3 is 12.1 Å². The summed E-state index contributed by atoms with van der Waals surface area (Å²) in [7, 11) is 0. The molecule has 1 aliphatic carbocycles. The average molecular weight is 357 g/mol. The van der Waals surface area contributed by atoms with Gasteiger partial charge in [0.2, 0.25) is 0 Å². The molecular weight excluding hydrogens is 335 g/mol. The molecule has 4 nitrogen and oxygen atoms in total. The molecule has 1 aliphatic rings. The molecule has 0 atom stereocenters. The van der Waals surface area contributed by atoms with E-state index in [4.69, 9.17) is 4.74 Å². The van der Waals surface area contributed by atoms with E-state index in [-0.39, 0.29) is 31.4 Å². The maximum absolute atomic E-state index is 12.5. The van der Waals surface area contributed by atoms with Crippen LogP contribution in [0.25, 0.3) is 0 Å². The van der Waals surface area contributed by atoms with Gasteiger partial charge in [-0.2, -0.15) is 13.2 Å². The van der Waals surface area contributed by atoms with Crippen LogP contribution in [-0.2, 0) is 26.9 Å². The summed E-state index contributed by atoms with van der Waals surface area (Å²) in [5.41, 5.74) is -0.116. The zero-order chi connectivity index (χ0) is 18.3. The van der Waals surface area contributed by atoms with Crippen LogP contribution in [0.1, 0.15) is 49.7 Å². The fourth-order valence-electron chi connectivity index (χ4n) is 2.84. The topological polar surface area (TPSA) is 55.4 Å². The van der Waals surface area contributed by atoms with Crippen molar-refractivity contribution in [3.63, 3.8) is 0 Å². The summed E-state index contributed by atoms with van der Waals surface area (Å²) in [6.45, 7) is -0.317. The van der Waals surface area contributed by atoms with Gasteiger partial charge in [0.05, 0.1) is 5.56 Å². The van der Waals surface area contributed by atoms with E-state index in [0.29, 0.717) is 5.56 Å². The van der Waals surface area contributed by atoms with Crippen LogP contribution >= 0.6 is 0 Å². The number of benzene rings is 1. The number of aryl methyl sites for hydroxylation is 1. The number of carbonyl (C=O) groups excluding carboxylic acids is 2. The van der Waals surface area contributed by atoms with Gasteiger partial charge in [0, 0.05) is 12.5 Å². The third kappa shape index (κ3) is 6.76. The fraction of sp³-hybridized carbons (Fsp3) is 0.556. The van der Waals surface area contributed by atoms with Crippen molar-refractivity contribution in [2.75, 3.05) is 6.61 Å². The van der Waals surface area contributed by atoms with E-state index in [1.54, 1.807) is 0 Å². The van der Waals surface area contributed by atoms with Gasteiger partial charge in [-0.15, -0.1) is 0 Å². The smallest absolute Gasteiger partial charge is 0.416 e.